The van der Waals surface area contributed by atoms with E-state index in [1.807, 2.05) is 31.2 Å². The van der Waals surface area contributed by atoms with Crippen molar-refractivity contribution in [3.05, 3.63) is 68.7 Å². The van der Waals surface area contributed by atoms with Crippen molar-refractivity contribution in [2.45, 2.75) is 57.5 Å². The minimum Gasteiger partial charge on any atom is -0.378 e. The number of hydrogen-bond donors (Lipinski definition) is 3. The maximum Gasteiger partial charge on any atom is 0.316 e. The Morgan fingerprint density at radius 2 is 1.65 bits per heavy atom. The Labute approximate surface area is 197 Å². The molecule has 4 aliphatic carbocycles. The Morgan fingerprint density at radius 1 is 1.00 bits per heavy atom. The molecule has 0 spiro atoms. The van der Waals surface area contributed by atoms with Crippen LogP contribution in [-0.2, 0) is 6.54 Å². The van der Waals surface area contributed by atoms with Gasteiger partial charge in [-0.25, -0.2) is 0 Å². The molecule has 0 saturated heterocycles. The first-order valence-electron chi connectivity index (χ1n) is 12.4. The summed E-state index contributed by atoms with van der Waals surface area (Å²) in [5.41, 5.74) is 2.10. The highest BCUT2D eigenvalue weighted by molar-refractivity contribution is 6.07. The molecule has 4 bridgehead atoms. The molecular weight excluding hydrogens is 428 g/mol. The topological polar surface area (TPSA) is 96.0 Å². The molecular formula is C27H30N4O3. The lowest BCUT2D eigenvalue weighted by Gasteiger charge is -2.57. The monoisotopic (exact) mass is 458 g/mol. The van der Waals surface area contributed by atoms with Crippen LogP contribution in [0.15, 0.2) is 52.1 Å². The number of aryl methyl sites for hydroxylation is 1. The average Bonchev–Trinajstić information content (AvgIpc) is 2.80. The summed E-state index contributed by atoms with van der Waals surface area (Å²) in [4.78, 5) is 39.9. The second kappa shape index (κ2) is 7.86. The predicted octanol–water partition coefficient (Wildman–Crippen LogP) is 4.34. The maximum atomic E-state index is 13.2. The molecule has 1 amide bonds. The van der Waals surface area contributed by atoms with E-state index in [-0.39, 0.29) is 11.4 Å². The van der Waals surface area contributed by atoms with Gasteiger partial charge in [-0.2, -0.15) is 0 Å². The number of benzene rings is 2. The fourth-order valence-corrected chi connectivity index (χ4v) is 7.18. The quantitative estimate of drug-likeness (QED) is 0.496. The van der Waals surface area contributed by atoms with Gasteiger partial charge in [0.2, 0.25) is 0 Å². The highest BCUT2D eigenvalue weighted by atomic mass is 16.2. The van der Waals surface area contributed by atoms with Crippen LogP contribution in [0.2, 0.25) is 0 Å². The van der Waals surface area contributed by atoms with Crippen LogP contribution in [0.1, 0.15) is 55.8 Å². The zero-order chi connectivity index (χ0) is 23.4. The van der Waals surface area contributed by atoms with Gasteiger partial charge < -0.3 is 20.2 Å². The fourth-order valence-electron chi connectivity index (χ4n) is 7.18. The Morgan fingerprint density at radius 3 is 2.29 bits per heavy atom. The van der Waals surface area contributed by atoms with Gasteiger partial charge in [0, 0.05) is 17.6 Å². The Balaban J connectivity index is 1.27. The van der Waals surface area contributed by atoms with Gasteiger partial charge in [-0.3, -0.25) is 14.4 Å². The van der Waals surface area contributed by atoms with E-state index in [9.17, 15) is 14.4 Å². The molecule has 4 saturated carbocycles. The number of H-pyrrole nitrogens is 1. The van der Waals surface area contributed by atoms with Crippen molar-refractivity contribution in [2.24, 2.45) is 17.8 Å². The highest BCUT2D eigenvalue weighted by Gasteiger charge is 2.51. The summed E-state index contributed by atoms with van der Waals surface area (Å²) in [6, 6.07) is 12.9. The molecule has 34 heavy (non-hydrogen) atoms. The van der Waals surface area contributed by atoms with Gasteiger partial charge in [-0.1, -0.05) is 12.1 Å². The third kappa shape index (κ3) is 3.54. The van der Waals surface area contributed by atoms with Crippen molar-refractivity contribution in [3.63, 3.8) is 0 Å². The van der Waals surface area contributed by atoms with E-state index < -0.39 is 11.1 Å². The van der Waals surface area contributed by atoms with E-state index in [0.717, 1.165) is 29.1 Å². The number of fused-ring (bicyclic) bond motifs is 1. The summed E-state index contributed by atoms with van der Waals surface area (Å²) < 4.78 is 1.42. The molecule has 7 nitrogen and oxygen atoms in total. The minimum absolute atomic E-state index is 0.141. The first kappa shape index (κ1) is 21.2. The normalized spacial score (nSPS) is 27.1. The Bertz CT molecular complexity index is 1370. The molecule has 176 valence electrons. The van der Waals surface area contributed by atoms with Crippen LogP contribution in [0.3, 0.4) is 0 Å². The molecule has 0 unspecified atom stereocenters. The number of amides is 1. The molecule has 1 aromatic heterocycles. The largest absolute Gasteiger partial charge is 0.378 e. The lowest BCUT2D eigenvalue weighted by molar-refractivity contribution is 0.0107. The highest BCUT2D eigenvalue weighted by Crippen LogP contribution is 2.56. The van der Waals surface area contributed by atoms with E-state index in [1.54, 1.807) is 18.2 Å². The first-order chi connectivity index (χ1) is 16.4. The summed E-state index contributed by atoms with van der Waals surface area (Å²) in [7, 11) is 0. The SMILES string of the molecule is CCn1c(=O)c(=O)[nH]c2cc(C(=O)Nc3ccccc3NC34CC5CC(CC(C5)C3)C4)ccc21. The van der Waals surface area contributed by atoms with Crippen molar-refractivity contribution in [2.75, 3.05) is 10.6 Å². The van der Waals surface area contributed by atoms with Crippen LogP contribution in [0, 0.1) is 17.8 Å². The second-order valence-corrected chi connectivity index (χ2v) is 10.6. The number of hydrogen-bond acceptors (Lipinski definition) is 4. The predicted molar refractivity (Wildman–Crippen MR) is 133 cm³/mol. The number of carbonyl (C=O) groups excluding carboxylic acids is 1. The number of aromatic amines is 1. The second-order valence-electron chi connectivity index (χ2n) is 10.6. The fraction of sp³-hybridized carbons (Fsp3) is 0.444. The summed E-state index contributed by atoms with van der Waals surface area (Å²) in [5, 5.41) is 6.94. The minimum atomic E-state index is -0.683. The van der Waals surface area contributed by atoms with Gasteiger partial charge in [-0.15, -0.1) is 0 Å². The third-order valence-electron chi connectivity index (χ3n) is 8.17. The molecule has 1 heterocycles. The lowest BCUT2D eigenvalue weighted by Crippen LogP contribution is -2.54. The van der Waals surface area contributed by atoms with Crippen molar-refractivity contribution >= 4 is 28.3 Å². The molecule has 7 heteroatoms. The Kier molecular flexibility index (Phi) is 4.90. The zero-order valence-corrected chi connectivity index (χ0v) is 19.4. The molecule has 3 aromatic rings. The van der Waals surface area contributed by atoms with Crippen LogP contribution >= 0.6 is 0 Å². The number of rotatable bonds is 5. The number of anilines is 2. The van der Waals surface area contributed by atoms with Gasteiger partial charge >= 0.3 is 11.1 Å². The first-order valence-corrected chi connectivity index (χ1v) is 12.4. The van der Waals surface area contributed by atoms with Crippen molar-refractivity contribution in [1.29, 1.82) is 0 Å². The molecule has 0 aliphatic heterocycles. The zero-order valence-electron chi connectivity index (χ0n) is 19.4. The van der Waals surface area contributed by atoms with E-state index >= 15 is 0 Å². The number of carbonyl (C=O) groups is 1. The van der Waals surface area contributed by atoms with Gasteiger partial charge in [0.1, 0.15) is 0 Å². The smallest absolute Gasteiger partial charge is 0.316 e. The summed E-state index contributed by atoms with van der Waals surface area (Å²) in [5.74, 6) is 2.25. The number of nitrogens with one attached hydrogen (secondary N) is 3. The third-order valence-corrected chi connectivity index (χ3v) is 8.17. The maximum absolute atomic E-state index is 13.2. The summed E-state index contributed by atoms with van der Waals surface area (Å²) in [6.45, 7) is 2.20. The molecule has 4 aliphatic rings. The molecule has 0 atom stereocenters. The molecule has 4 fully saturated rings. The van der Waals surface area contributed by atoms with Gasteiger partial charge in [0.25, 0.3) is 5.91 Å². The van der Waals surface area contributed by atoms with Crippen molar-refractivity contribution in [1.82, 2.24) is 9.55 Å². The van der Waals surface area contributed by atoms with Crippen molar-refractivity contribution < 1.29 is 4.79 Å². The summed E-state index contributed by atoms with van der Waals surface area (Å²) >= 11 is 0. The van der Waals surface area contributed by atoms with Crippen LogP contribution in [0.25, 0.3) is 11.0 Å². The van der Waals surface area contributed by atoms with E-state index in [0.29, 0.717) is 23.1 Å². The molecule has 3 N–H and O–H groups in total. The standard InChI is InChI=1S/C27H30N4O3/c1-2-31-23-8-7-19(12-22(23)29-25(33)26(31)34)24(32)28-20-5-3-4-6-21(20)30-27-13-16-9-17(14-27)11-18(10-16)15-27/h3-8,12,16-18,30H,2,9-11,13-15H2,1H3,(H,28,32)(H,29,33). The van der Waals surface area contributed by atoms with Gasteiger partial charge in [0.15, 0.2) is 0 Å². The number of para-hydroxylation sites is 2. The molecule has 2 aromatic carbocycles. The molecule has 7 rings (SSSR count). The number of nitrogens with zero attached hydrogens (tertiary/aromatic N) is 1. The van der Waals surface area contributed by atoms with Crippen LogP contribution in [0.4, 0.5) is 11.4 Å². The van der Waals surface area contributed by atoms with Crippen LogP contribution < -0.4 is 21.8 Å². The van der Waals surface area contributed by atoms with E-state index in [1.165, 1.54) is 43.1 Å². The van der Waals surface area contributed by atoms with Crippen molar-refractivity contribution in [3.8, 4) is 0 Å². The Hall–Kier alpha value is -3.35. The van der Waals surface area contributed by atoms with E-state index in [2.05, 4.69) is 15.6 Å². The van der Waals surface area contributed by atoms with Crippen LogP contribution in [0.5, 0.6) is 0 Å². The van der Waals surface area contributed by atoms with Crippen LogP contribution in [-0.4, -0.2) is 21.0 Å². The summed E-state index contributed by atoms with van der Waals surface area (Å²) in [6.07, 6.45) is 7.81. The van der Waals surface area contributed by atoms with Gasteiger partial charge in [0.05, 0.1) is 22.4 Å². The van der Waals surface area contributed by atoms with E-state index in [4.69, 9.17) is 0 Å². The van der Waals surface area contributed by atoms with Gasteiger partial charge in [-0.05, 0) is 93.5 Å². The lowest BCUT2D eigenvalue weighted by atomic mass is 9.53. The molecule has 0 radical (unpaired) electrons. The number of aromatic nitrogens is 2. The average molecular weight is 459 g/mol.